The fourth-order valence-electron chi connectivity index (χ4n) is 1.64. The van der Waals surface area contributed by atoms with Crippen molar-refractivity contribution in [2.24, 2.45) is 0 Å². The summed E-state index contributed by atoms with van der Waals surface area (Å²) < 4.78 is 0. The van der Waals surface area contributed by atoms with Gasteiger partial charge in [-0.15, -0.1) is 0 Å². The van der Waals surface area contributed by atoms with Gasteiger partial charge in [0, 0.05) is 0 Å². The van der Waals surface area contributed by atoms with Gasteiger partial charge in [0.25, 0.3) is 0 Å². The third-order valence-corrected chi connectivity index (χ3v) is 2.37. The van der Waals surface area contributed by atoms with Crippen molar-refractivity contribution in [1.29, 1.82) is 0 Å². The van der Waals surface area contributed by atoms with Crippen molar-refractivity contribution in [1.82, 2.24) is 5.32 Å². The van der Waals surface area contributed by atoms with Crippen LogP contribution in [0.5, 0.6) is 0 Å². The average molecular weight is 191 g/mol. The summed E-state index contributed by atoms with van der Waals surface area (Å²) >= 11 is 0. The Labute approximate surface area is 87.5 Å². The molecule has 0 aromatic heterocycles. The first-order valence-corrected chi connectivity index (χ1v) is 5.65. The van der Waals surface area contributed by atoms with E-state index in [1.807, 2.05) is 0 Å². The molecule has 14 heavy (non-hydrogen) atoms. The molecule has 0 saturated carbocycles. The molecule has 1 heteroatoms. The predicted molar refractivity (Wildman–Crippen MR) is 62.7 cm³/mol. The quantitative estimate of drug-likeness (QED) is 0.682. The minimum Gasteiger partial charge on any atom is -0.317 e. The Kier molecular flexibility index (Phi) is 5.31. The zero-order valence-electron chi connectivity index (χ0n) is 9.34. The van der Waals surface area contributed by atoms with Gasteiger partial charge in [0.05, 0.1) is 0 Å². The van der Waals surface area contributed by atoms with Crippen LogP contribution in [0.2, 0.25) is 0 Å². The summed E-state index contributed by atoms with van der Waals surface area (Å²) in [7, 11) is 0. The molecule has 1 N–H and O–H groups in total. The van der Waals surface area contributed by atoms with Gasteiger partial charge in [0.1, 0.15) is 0 Å². The molecule has 0 amide bonds. The largest absolute Gasteiger partial charge is 0.317 e. The maximum Gasteiger partial charge on any atom is -0.000847 e. The van der Waals surface area contributed by atoms with Crippen LogP contribution in [0.1, 0.15) is 31.4 Å². The third-order valence-electron chi connectivity index (χ3n) is 2.37. The van der Waals surface area contributed by atoms with E-state index < -0.39 is 0 Å². The van der Waals surface area contributed by atoms with Gasteiger partial charge in [-0.1, -0.05) is 44.5 Å². The predicted octanol–water partition coefficient (Wildman–Crippen LogP) is 2.79. The number of likely N-dealkylation sites (N-methyl/N-ethyl adjacent to an activating group) is 1. The first kappa shape index (κ1) is 11.3. The summed E-state index contributed by atoms with van der Waals surface area (Å²) in [4.78, 5) is 0. The molecule has 1 aromatic rings. The molecule has 0 aliphatic heterocycles. The Morgan fingerprint density at radius 2 is 1.79 bits per heavy atom. The van der Waals surface area contributed by atoms with E-state index in [2.05, 4.69) is 43.4 Å². The van der Waals surface area contributed by atoms with E-state index in [4.69, 9.17) is 0 Å². The summed E-state index contributed by atoms with van der Waals surface area (Å²) in [6, 6.07) is 8.95. The monoisotopic (exact) mass is 191 g/mol. The van der Waals surface area contributed by atoms with E-state index in [-0.39, 0.29) is 0 Å². The molecule has 0 bridgehead atoms. The summed E-state index contributed by atoms with van der Waals surface area (Å²) in [5.41, 5.74) is 2.93. The molecule has 0 radical (unpaired) electrons. The number of nitrogens with one attached hydrogen (secondary N) is 1. The van der Waals surface area contributed by atoms with Crippen LogP contribution in [0.4, 0.5) is 0 Å². The normalized spacial score (nSPS) is 10.4. The van der Waals surface area contributed by atoms with Gasteiger partial charge in [0.2, 0.25) is 0 Å². The van der Waals surface area contributed by atoms with Crippen LogP contribution in [0.3, 0.4) is 0 Å². The number of aryl methyl sites for hydroxylation is 1. The van der Waals surface area contributed by atoms with E-state index in [9.17, 15) is 0 Å². The maximum atomic E-state index is 3.35. The molecule has 0 heterocycles. The Morgan fingerprint density at radius 3 is 2.43 bits per heavy atom. The lowest BCUT2D eigenvalue weighted by Crippen LogP contribution is -2.16. The van der Waals surface area contributed by atoms with Crippen molar-refractivity contribution in [2.75, 3.05) is 13.1 Å². The van der Waals surface area contributed by atoms with E-state index >= 15 is 0 Å². The Hall–Kier alpha value is -0.820. The fraction of sp³-hybridized carbons (Fsp3) is 0.538. The first-order chi connectivity index (χ1) is 6.86. The SMILES string of the molecule is CCCc1cccc(CCNCC)c1. The lowest BCUT2D eigenvalue weighted by Gasteiger charge is -2.04. The average Bonchev–Trinajstić information content (AvgIpc) is 2.19. The van der Waals surface area contributed by atoms with Crippen LogP contribution >= 0.6 is 0 Å². The highest BCUT2D eigenvalue weighted by molar-refractivity contribution is 5.23. The maximum absolute atomic E-state index is 3.35. The zero-order valence-corrected chi connectivity index (χ0v) is 9.34. The van der Waals surface area contributed by atoms with Crippen LogP contribution in [0.15, 0.2) is 24.3 Å². The van der Waals surface area contributed by atoms with E-state index in [0.29, 0.717) is 0 Å². The third kappa shape index (κ3) is 3.93. The van der Waals surface area contributed by atoms with Gasteiger partial charge in [-0.3, -0.25) is 0 Å². The van der Waals surface area contributed by atoms with Gasteiger partial charge in [0.15, 0.2) is 0 Å². The smallest absolute Gasteiger partial charge is 0.000847 e. The van der Waals surface area contributed by atoms with Crippen molar-refractivity contribution in [3.05, 3.63) is 35.4 Å². The molecule has 1 aromatic carbocycles. The van der Waals surface area contributed by atoms with Crippen LogP contribution in [0, 0.1) is 0 Å². The van der Waals surface area contributed by atoms with Crippen molar-refractivity contribution < 1.29 is 0 Å². The lowest BCUT2D eigenvalue weighted by molar-refractivity contribution is 0.716. The second-order valence-corrected chi connectivity index (χ2v) is 3.67. The summed E-state index contributed by atoms with van der Waals surface area (Å²) in [5, 5.41) is 3.35. The van der Waals surface area contributed by atoms with Crippen molar-refractivity contribution >= 4 is 0 Å². The van der Waals surface area contributed by atoms with E-state index in [1.165, 1.54) is 24.0 Å². The highest BCUT2D eigenvalue weighted by Crippen LogP contribution is 2.07. The number of benzene rings is 1. The highest BCUT2D eigenvalue weighted by Gasteiger charge is 1.95. The van der Waals surface area contributed by atoms with Crippen LogP contribution in [0.25, 0.3) is 0 Å². The van der Waals surface area contributed by atoms with Crippen LogP contribution < -0.4 is 5.32 Å². The summed E-state index contributed by atoms with van der Waals surface area (Å²) in [6.45, 7) is 6.53. The molecule has 0 spiro atoms. The zero-order chi connectivity index (χ0) is 10.2. The summed E-state index contributed by atoms with van der Waals surface area (Å²) in [6.07, 6.45) is 3.58. The molecule has 1 nitrogen and oxygen atoms in total. The van der Waals surface area contributed by atoms with Gasteiger partial charge in [-0.2, -0.15) is 0 Å². The van der Waals surface area contributed by atoms with Crippen LogP contribution in [-0.2, 0) is 12.8 Å². The summed E-state index contributed by atoms with van der Waals surface area (Å²) in [5.74, 6) is 0. The standard InChI is InChI=1S/C13H21N/c1-3-6-12-7-5-8-13(11-12)9-10-14-4-2/h5,7-8,11,14H,3-4,6,9-10H2,1-2H3. The molecule has 1 rings (SSSR count). The van der Waals surface area contributed by atoms with E-state index in [0.717, 1.165) is 19.5 Å². The minimum absolute atomic E-state index is 1.06. The lowest BCUT2D eigenvalue weighted by atomic mass is 10.1. The van der Waals surface area contributed by atoms with Gasteiger partial charge in [-0.05, 0) is 37.1 Å². The number of hydrogen-bond acceptors (Lipinski definition) is 1. The molecule has 0 aliphatic carbocycles. The molecule has 0 saturated heterocycles. The molecule has 0 unspecified atom stereocenters. The molecular weight excluding hydrogens is 170 g/mol. The molecule has 0 aliphatic rings. The van der Waals surface area contributed by atoms with Crippen molar-refractivity contribution in [3.8, 4) is 0 Å². The fourth-order valence-corrected chi connectivity index (χ4v) is 1.64. The molecule has 0 fully saturated rings. The second-order valence-electron chi connectivity index (χ2n) is 3.67. The van der Waals surface area contributed by atoms with Crippen molar-refractivity contribution in [3.63, 3.8) is 0 Å². The topological polar surface area (TPSA) is 12.0 Å². The molecule has 0 atom stereocenters. The minimum atomic E-state index is 1.06. The van der Waals surface area contributed by atoms with Gasteiger partial charge >= 0.3 is 0 Å². The molecular formula is C13H21N. The molecule has 78 valence electrons. The van der Waals surface area contributed by atoms with Crippen LogP contribution in [-0.4, -0.2) is 13.1 Å². The Balaban J connectivity index is 2.46. The van der Waals surface area contributed by atoms with Crippen molar-refractivity contribution in [2.45, 2.75) is 33.1 Å². The number of hydrogen-bond donors (Lipinski definition) is 1. The number of rotatable bonds is 6. The Morgan fingerprint density at radius 1 is 1.07 bits per heavy atom. The van der Waals surface area contributed by atoms with Gasteiger partial charge in [-0.25, -0.2) is 0 Å². The van der Waals surface area contributed by atoms with Gasteiger partial charge < -0.3 is 5.32 Å². The second kappa shape index (κ2) is 6.61. The van der Waals surface area contributed by atoms with E-state index in [1.54, 1.807) is 0 Å². The highest BCUT2D eigenvalue weighted by atomic mass is 14.8. The Bertz CT molecular complexity index is 255. The first-order valence-electron chi connectivity index (χ1n) is 5.65.